The average molecular weight is 383 g/mol. The van der Waals surface area contributed by atoms with Crippen molar-refractivity contribution in [3.8, 4) is 11.5 Å². The molecule has 0 saturated carbocycles. The number of carbonyl (C=O) groups excluding carboxylic acids is 1. The van der Waals surface area contributed by atoms with Crippen molar-refractivity contribution in [2.45, 2.75) is 72.1 Å². The molecule has 0 aliphatic carbocycles. The molecule has 0 bridgehead atoms. The van der Waals surface area contributed by atoms with Gasteiger partial charge in [0.25, 0.3) is 0 Å². The van der Waals surface area contributed by atoms with Crippen molar-refractivity contribution in [2.24, 2.45) is 0 Å². The van der Waals surface area contributed by atoms with Crippen molar-refractivity contribution in [1.29, 1.82) is 0 Å². The fraction of sp³-hybridized carbons (Fsp3) is 0.480. The first kappa shape index (κ1) is 22.0. The van der Waals surface area contributed by atoms with Crippen molar-refractivity contribution in [3.05, 3.63) is 59.2 Å². The maximum atomic E-state index is 12.3. The van der Waals surface area contributed by atoms with Gasteiger partial charge in [-0.15, -0.1) is 0 Å². The third-order valence-corrected chi connectivity index (χ3v) is 4.90. The Morgan fingerprint density at radius 3 is 2.04 bits per heavy atom. The third-order valence-electron chi connectivity index (χ3n) is 4.90. The highest BCUT2D eigenvalue weighted by Gasteiger charge is 2.11. The van der Waals surface area contributed by atoms with Gasteiger partial charge in [0.1, 0.15) is 11.5 Å². The first-order chi connectivity index (χ1) is 13.6. The van der Waals surface area contributed by atoms with Crippen LogP contribution in [0.5, 0.6) is 11.5 Å². The minimum Gasteiger partial charge on any atom is -0.494 e. The average Bonchev–Trinajstić information content (AvgIpc) is 2.68. The molecule has 0 aliphatic rings. The molecule has 2 aromatic carbocycles. The number of unbranched alkanes of at least 4 members (excludes halogenated alkanes) is 7. The zero-order valence-corrected chi connectivity index (χ0v) is 17.6. The lowest BCUT2D eigenvalue weighted by molar-refractivity contribution is 0.0734. The highest BCUT2D eigenvalue weighted by atomic mass is 16.5. The van der Waals surface area contributed by atoms with Crippen LogP contribution < -0.4 is 9.47 Å². The molecule has 152 valence electrons. The number of benzene rings is 2. The van der Waals surface area contributed by atoms with Gasteiger partial charge < -0.3 is 9.47 Å². The van der Waals surface area contributed by atoms with Gasteiger partial charge in [-0.3, -0.25) is 0 Å². The van der Waals surface area contributed by atoms with Crippen molar-refractivity contribution in [3.63, 3.8) is 0 Å². The van der Waals surface area contributed by atoms with E-state index < -0.39 is 0 Å². The van der Waals surface area contributed by atoms with E-state index in [1.54, 1.807) is 12.1 Å². The summed E-state index contributed by atoms with van der Waals surface area (Å²) in [5.74, 6) is 1.02. The fourth-order valence-corrected chi connectivity index (χ4v) is 3.23. The largest absolute Gasteiger partial charge is 0.494 e. The molecule has 0 unspecified atom stereocenters. The topological polar surface area (TPSA) is 35.5 Å². The second kappa shape index (κ2) is 12.2. The van der Waals surface area contributed by atoms with Crippen LogP contribution >= 0.6 is 0 Å². The molecule has 0 aliphatic heterocycles. The Bertz CT molecular complexity index is 719. The van der Waals surface area contributed by atoms with Crippen LogP contribution in [0, 0.1) is 13.8 Å². The minimum atomic E-state index is -0.329. The first-order valence-corrected chi connectivity index (χ1v) is 10.6. The Hall–Kier alpha value is -2.29. The van der Waals surface area contributed by atoms with E-state index >= 15 is 0 Å². The van der Waals surface area contributed by atoms with E-state index in [1.165, 1.54) is 44.9 Å². The normalized spacial score (nSPS) is 10.7. The molecular formula is C25H34O3. The molecule has 0 atom stereocenters. The summed E-state index contributed by atoms with van der Waals surface area (Å²) in [7, 11) is 0. The van der Waals surface area contributed by atoms with Crippen LogP contribution in [0.2, 0.25) is 0 Å². The lowest BCUT2D eigenvalue weighted by atomic mass is 10.1. The summed E-state index contributed by atoms with van der Waals surface area (Å²) in [6.07, 6.45) is 10.3. The highest BCUT2D eigenvalue weighted by molar-refractivity contribution is 5.92. The summed E-state index contributed by atoms with van der Waals surface area (Å²) >= 11 is 0. The molecule has 0 radical (unpaired) electrons. The Morgan fingerprint density at radius 2 is 1.39 bits per heavy atom. The summed E-state index contributed by atoms with van der Waals surface area (Å²) in [4.78, 5) is 12.3. The summed E-state index contributed by atoms with van der Waals surface area (Å²) < 4.78 is 11.3. The Morgan fingerprint density at radius 1 is 0.786 bits per heavy atom. The molecule has 0 N–H and O–H groups in total. The van der Waals surface area contributed by atoms with Crippen LogP contribution in [0.15, 0.2) is 42.5 Å². The predicted octanol–water partition coefficient (Wildman–Crippen LogP) is 7.04. The van der Waals surface area contributed by atoms with Crippen molar-refractivity contribution >= 4 is 5.97 Å². The molecule has 0 saturated heterocycles. The first-order valence-electron chi connectivity index (χ1n) is 10.6. The molecule has 2 rings (SSSR count). The van der Waals surface area contributed by atoms with Gasteiger partial charge in [0, 0.05) is 0 Å². The summed E-state index contributed by atoms with van der Waals surface area (Å²) in [6.45, 7) is 6.91. The van der Waals surface area contributed by atoms with Crippen molar-refractivity contribution in [1.82, 2.24) is 0 Å². The lowest BCUT2D eigenvalue weighted by Gasteiger charge is -2.09. The maximum Gasteiger partial charge on any atom is 0.343 e. The number of aryl methyl sites for hydroxylation is 2. The van der Waals surface area contributed by atoms with Crippen molar-refractivity contribution in [2.75, 3.05) is 6.61 Å². The quantitative estimate of drug-likeness (QED) is 0.224. The number of ether oxygens (including phenoxy) is 2. The van der Waals surface area contributed by atoms with Crippen LogP contribution in [0.3, 0.4) is 0 Å². The van der Waals surface area contributed by atoms with Gasteiger partial charge >= 0.3 is 5.97 Å². The SMILES string of the molecule is CCCCCCCCCCOc1ccc(OC(=O)c2ccc(C)cc2C)cc1. The van der Waals surface area contributed by atoms with E-state index in [4.69, 9.17) is 9.47 Å². The van der Waals surface area contributed by atoms with E-state index in [0.29, 0.717) is 11.3 Å². The number of hydrogen-bond acceptors (Lipinski definition) is 3. The van der Waals surface area contributed by atoms with Gasteiger partial charge in [0.05, 0.1) is 12.2 Å². The van der Waals surface area contributed by atoms with Crippen LogP contribution in [0.25, 0.3) is 0 Å². The van der Waals surface area contributed by atoms with Gasteiger partial charge in [-0.1, -0.05) is 69.6 Å². The molecule has 0 heterocycles. The number of esters is 1. The minimum absolute atomic E-state index is 0.329. The van der Waals surface area contributed by atoms with E-state index in [1.807, 2.05) is 44.2 Å². The van der Waals surface area contributed by atoms with E-state index in [9.17, 15) is 4.79 Å². The molecule has 2 aromatic rings. The van der Waals surface area contributed by atoms with Crippen molar-refractivity contribution < 1.29 is 14.3 Å². The van der Waals surface area contributed by atoms with Crippen LogP contribution in [0.1, 0.15) is 79.8 Å². The zero-order valence-electron chi connectivity index (χ0n) is 17.6. The van der Waals surface area contributed by atoms with E-state index in [0.717, 1.165) is 29.9 Å². The van der Waals surface area contributed by atoms with Gasteiger partial charge in [-0.2, -0.15) is 0 Å². The van der Waals surface area contributed by atoms with Crippen LogP contribution in [-0.4, -0.2) is 12.6 Å². The molecule has 0 fully saturated rings. The standard InChI is InChI=1S/C25H34O3/c1-4-5-6-7-8-9-10-11-18-27-22-13-15-23(16-14-22)28-25(26)24-17-12-20(2)19-21(24)3/h12-17,19H,4-11,18H2,1-3H3. The lowest BCUT2D eigenvalue weighted by Crippen LogP contribution is -2.10. The second-order valence-electron chi connectivity index (χ2n) is 7.50. The number of rotatable bonds is 12. The second-order valence-corrected chi connectivity index (χ2v) is 7.50. The fourth-order valence-electron chi connectivity index (χ4n) is 3.23. The van der Waals surface area contributed by atoms with Gasteiger partial charge in [-0.25, -0.2) is 4.79 Å². The third kappa shape index (κ3) is 7.75. The smallest absolute Gasteiger partial charge is 0.343 e. The van der Waals surface area contributed by atoms with E-state index in [2.05, 4.69) is 6.92 Å². The molecular weight excluding hydrogens is 348 g/mol. The van der Waals surface area contributed by atoms with Gasteiger partial charge in [0.2, 0.25) is 0 Å². The molecule has 3 heteroatoms. The predicted molar refractivity (Wildman–Crippen MR) is 115 cm³/mol. The summed E-state index contributed by atoms with van der Waals surface area (Å²) in [5.41, 5.74) is 2.66. The Kier molecular flexibility index (Phi) is 9.61. The number of hydrogen-bond donors (Lipinski definition) is 0. The zero-order chi connectivity index (χ0) is 20.2. The van der Waals surface area contributed by atoms with E-state index in [-0.39, 0.29) is 5.97 Å². The maximum absolute atomic E-state index is 12.3. The van der Waals surface area contributed by atoms with Gasteiger partial charge in [0.15, 0.2) is 0 Å². The Labute approximate surface area is 170 Å². The van der Waals surface area contributed by atoms with Gasteiger partial charge in [-0.05, 0) is 56.2 Å². The number of carbonyl (C=O) groups is 1. The highest BCUT2D eigenvalue weighted by Crippen LogP contribution is 2.20. The van der Waals surface area contributed by atoms with Crippen LogP contribution in [0.4, 0.5) is 0 Å². The Balaban J connectivity index is 1.68. The molecule has 28 heavy (non-hydrogen) atoms. The molecule has 3 nitrogen and oxygen atoms in total. The monoisotopic (exact) mass is 382 g/mol. The summed E-state index contributed by atoms with van der Waals surface area (Å²) in [6, 6.07) is 13.0. The molecule has 0 amide bonds. The molecule has 0 spiro atoms. The van der Waals surface area contributed by atoms with Crippen LogP contribution in [-0.2, 0) is 0 Å². The summed E-state index contributed by atoms with van der Waals surface area (Å²) in [5, 5.41) is 0. The molecule has 0 aromatic heterocycles.